The summed E-state index contributed by atoms with van der Waals surface area (Å²) in [5.74, 6) is 1.02. The van der Waals surface area contributed by atoms with Gasteiger partial charge in [0.2, 0.25) is 10.0 Å². The SMILES string of the molecule is CS(=O)(=O)N(CCO)Cc1cc2nn(-c3ccc(Oc4ccccc4)cc3)c(C(N)=O)c2cc1C1CC1. The first-order chi connectivity index (χ1) is 17.7. The number of rotatable bonds is 10. The van der Waals surface area contributed by atoms with Crippen LogP contribution in [0.1, 0.15) is 40.4 Å². The fourth-order valence-electron chi connectivity index (χ4n) is 4.47. The maximum absolute atomic E-state index is 12.6. The summed E-state index contributed by atoms with van der Waals surface area (Å²) >= 11 is 0. The van der Waals surface area contributed by atoms with Crippen molar-refractivity contribution in [1.29, 1.82) is 0 Å². The highest BCUT2D eigenvalue weighted by molar-refractivity contribution is 7.88. The molecule has 0 saturated heterocycles. The van der Waals surface area contributed by atoms with E-state index >= 15 is 0 Å². The molecule has 3 aromatic carbocycles. The lowest BCUT2D eigenvalue weighted by molar-refractivity contribution is 0.0994. The van der Waals surface area contributed by atoms with Gasteiger partial charge < -0.3 is 15.6 Å². The standard InChI is InChI=1S/C27H28N4O5S/c1-37(34,35)30(13-14-32)17-19-15-25-24(16-23(19)18-7-8-18)26(27(28)33)31(29-25)20-9-11-22(12-10-20)36-21-5-3-2-4-6-21/h2-6,9-12,15-16,18,32H,7-8,13-14,17H2,1H3,(H2,28,33). The Bertz CT molecular complexity index is 1550. The van der Waals surface area contributed by atoms with Gasteiger partial charge in [0.05, 0.1) is 24.1 Å². The number of fused-ring (bicyclic) bond motifs is 1. The number of carbonyl (C=O) groups is 1. The third-order valence-corrected chi connectivity index (χ3v) is 7.66. The van der Waals surface area contributed by atoms with Crippen LogP contribution in [0.15, 0.2) is 66.7 Å². The molecule has 0 spiro atoms. The molecule has 0 unspecified atom stereocenters. The van der Waals surface area contributed by atoms with Crippen molar-refractivity contribution < 1.29 is 23.1 Å². The fourth-order valence-corrected chi connectivity index (χ4v) is 5.26. The minimum Gasteiger partial charge on any atom is -0.457 e. The number of primary amides is 1. The number of aliphatic hydroxyl groups is 1. The van der Waals surface area contributed by atoms with Crippen molar-refractivity contribution >= 4 is 26.8 Å². The maximum Gasteiger partial charge on any atom is 0.268 e. The summed E-state index contributed by atoms with van der Waals surface area (Å²) in [6.45, 7) is -0.163. The molecule has 1 aromatic heterocycles. The number of benzene rings is 3. The number of aliphatic hydroxyl groups excluding tert-OH is 1. The van der Waals surface area contributed by atoms with Crippen molar-refractivity contribution in [3.8, 4) is 17.2 Å². The number of hydrogen-bond acceptors (Lipinski definition) is 6. The molecule has 9 nitrogen and oxygen atoms in total. The molecule has 1 saturated carbocycles. The van der Waals surface area contributed by atoms with Crippen molar-refractivity contribution in [2.45, 2.75) is 25.3 Å². The molecule has 0 bridgehead atoms. The Morgan fingerprint density at radius 3 is 2.38 bits per heavy atom. The number of sulfonamides is 1. The monoisotopic (exact) mass is 520 g/mol. The Hall–Kier alpha value is -3.73. The number of ether oxygens (including phenoxy) is 1. The van der Waals surface area contributed by atoms with E-state index in [1.54, 1.807) is 24.3 Å². The van der Waals surface area contributed by atoms with Crippen LogP contribution in [-0.2, 0) is 16.6 Å². The van der Waals surface area contributed by atoms with Crippen molar-refractivity contribution in [3.63, 3.8) is 0 Å². The molecular weight excluding hydrogens is 492 g/mol. The Morgan fingerprint density at radius 2 is 1.78 bits per heavy atom. The second-order valence-corrected chi connectivity index (χ2v) is 11.2. The Kier molecular flexibility index (Phi) is 6.72. The van der Waals surface area contributed by atoms with Gasteiger partial charge in [-0.2, -0.15) is 9.40 Å². The number of nitrogens with zero attached hydrogens (tertiary/aromatic N) is 3. The highest BCUT2D eigenvalue weighted by atomic mass is 32.2. The van der Waals surface area contributed by atoms with E-state index in [2.05, 4.69) is 5.10 Å². The lowest BCUT2D eigenvalue weighted by Gasteiger charge is -2.20. The number of amides is 1. The van der Waals surface area contributed by atoms with E-state index in [0.29, 0.717) is 28.1 Å². The van der Waals surface area contributed by atoms with E-state index in [-0.39, 0.29) is 31.3 Å². The third kappa shape index (κ3) is 5.36. The van der Waals surface area contributed by atoms with Crippen LogP contribution in [-0.4, -0.2) is 52.9 Å². The molecule has 1 aliphatic carbocycles. The van der Waals surface area contributed by atoms with Gasteiger partial charge in [-0.15, -0.1) is 0 Å². The van der Waals surface area contributed by atoms with Crippen LogP contribution < -0.4 is 10.5 Å². The lowest BCUT2D eigenvalue weighted by Crippen LogP contribution is -2.32. The molecule has 1 amide bonds. The topological polar surface area (TPSA) is 128 Å². The van der Waals surface area contributed by atoms with Crippen LogP contribution in [0, 0.1) is 0 Å². The van der Waals surface area contributed by atoms with E-state index in [1.165, 1.54) is 8.99 Å². The normalized spacial score (nSPS) is 13.8. The first-order valence-electron chi connectivity index (χ1n) is 12.0. The average Bonchev–Trinajstić information content (AvgIpc) is 3.64. The molecule has 4 aromatic rings. The average molecular weight is 521 g/mol. The summed E-state index contributed by atoms with van der Waals surface area (Å²) in [6.07, 6.45) is 3.10. The van der Waals surface area contributed by atoms with Gasteiger partial charge in [0.15, 0.2) is 0 Å². The molecule has 1 aliphatic rings. The van der Waals surface area contributed by atoms with Gasteiger partial charge in [0, 0.05) is 18.5 Å². The Balaban J connectivity index is 1.55. The number of hydrogen-bond donors (Lipinski definition) is 2. The smallest absolute Gasteiger partial charge is 0.268 e. The van der Waals surface area contributed by atoms with Crippen LogP contribution in [0.5, 0.6) is 11.5 Å². The molecule has 0 radical (unpaired) electrons. The van der Waals surface area contributed by atoms with Gasteiger partial charge in [-0.3, -0.25) is 4.79 Å². The van der Waals surface area contributed by atoms with E-state index in [1.807, 2.05) is 42.5 Å². The predicted molar refractivity (Wildman–Crippen MR) is 140 cm³/mol. The van der Waals surface area contributed by atoms with Crippen LogP contribution >= 0.6 is 0 Å². The van der Waals surface area contributed by atoms with E-state index in [0.717, 1.165) is 30.2 Å². The van der Waals surface area contributed by atoms with Crippen LogP contribution in [0.3, 0.4) is 0 Å². The zero-order valence-corrected chi connectivity index (χ0v) is 21.2. The molecule has 1 heterocycles. The largest absolute Gasteiger partial charge is 0.457 e. The zero-order chi connectivity index (χ0) is 26.2. The summed E-state index contributed by atoms with van der Waals surface area (Å²) in [5.41, 5.74) is 9.03. The molecule has 0 aliphatic heterocycles. The number of carbonyl (C=O) groups excluding carboxylic acids is 1. The third-order valence-electron chi connectivity index (χ3n) is 6.41. The Morgan fingerprint density at radius 1 is 1.11 bits per heavy atom. The predicted octanol–water partition coefficient (Wildman–Crippen LogP) is 3.55. The second-order valence-electron chi connectivity index (χ2n) is 9.20. The summed E-state index contributed by atoms with van der Waals surface area (Å²) in [6, 6.07) is 20.3. The lowest BCUT2D eigenvalue weighted by atomic mass is 9.99. The summed E-state index contributed by atoms with van der Waals surface area (Å²) in [7, 11) is -3.52. The molecule has 0 atom stereocenters. The van der Waals surface area contributed by atoms with E-state index in [4.69, 9.17) is 10.5 Å². The summed E-state index contributed by atoms with van der Waals surface area (Å²) in [4.78, 5) is 12.6. The van der Waals surface area contributed by atoms with Crippen LogP contribution in [0.2, 0.25) is 0 Å². The molecular formula is C27H28N4O5S. The van der Waals surface area contributed by atoms with Crippen molar-refractivity contribution in [2.24, 2.45) is 5.73 Å². The molecule has 192 valence electrons. The quantitative estimate of drug-likeness (QED) is 0.329. The minimum absolute atomic E-state index is 0.000640. The van der Waals surface area contributed by atoms with Crippen molar-refractivity contribution in [2.75, 3.05) is 19.4 Å². The zero-order valence-electron chi connectivity index (χ0n) is 20.4. The van der Waals surface area contributed by atoms with E-state index < -0.39 is 15.9 Å². The number of para-hydroxylation sites is 1. The molecule has 37 heavy (non-hydrogen) atoms. The van der Waals surface area contributed by atoms with E-state index in [9.17, 15) is 18.3 Å². The molecule has 1 fully saturated rings. The van der Waals surface area contributed by atoms with Gasteiger partial charge in [-0.1, -0.05) is 18.2 Å². The van der Waals surface area contributed by atoms with Gasteiger partial charge in [-0.05, 0) is 78.4 Å². The van der Waals surface area contributed by atoms with Crippen molar-refractivity contribution in [1.82, 2.24) is 14.1 Å². The molecule has 5 rings (SSSR count). The minimum atomic E-state index is -3.52. The first-order valence-corrected chi connectivity index (χ1v) is 13.8. The van der Waals surface area contributed by atoms with Gasteiger partial charge in [0.1, 0.15) is 17.2 Å². The second kappa shape index (κ2) is 9.97. The maximum atomic E-state index is 12.6. The van der Waals surface area contributed by atoms with Gasteiger partial charge in [-0.25, -0.2) is 13.1 Å². The highest BCUT2D eigenvalue weighted by Gasteiger charge is 2.30. The van der Waals surface area contributed by atoms with Crippen LogP contribution in [0.25, 0.3) is 16.6 Å². The van der Waals surface area contributed by atoms with Gasteiger partial charge >= 0.3 is 0 Å². The Labute approximate surface area is 215 Å². The molecule has 10 heteroatoms. The number of aromatic nitrogens is 2. The van der Waals surface area contributed by atoms with Crippen LogP contribution in [0.4, 0.5) is 0 Å². The molecule has 3 N–H and O–H groups in total. The highest BCUT2D eigenvalue weighted by Crippen LogP contribution is 2.43. The fraction of sp³-hybridized carbons (Fsp3) is 0.259. The summed E-state index contributed by atoms with van der Waals surface area (Å²) < 4.78 is 33.2. The first kappa shape index (κ1) is 24.9. The number of nitrogens with two attached hydrogens (primary N) is 1. The van der Waals surface area contributed by atoms with Gasteiger partial charge in [0.25, 0.3) is 5.91 Å². The van der Waals surface area contributed by atoms with Crippen molar-refractivity contribution in [3.05, 3.63) is 83.6 Å². The summed E-state index contributed by atoms with van der Waals surface area (Å²) in [5, 5.41) is 14.7.